The van der Waals surface area contributed by atoms with Crippen molar-refractivity contribution in [3.63, 3.8) is 0 Å². The Hall–Kier alpha value is -1.95. The molecule has 0 spiro atoms. The van der Waals surface area contributed by atoms with E-state index < -0.39 is 5.82 Å². The summed E-state index contributed by atoms with van der Waals surface area (Å²) >= 11 is 5.77. The van der Waals surface area contributed by atoms with Crippen LogP contribution in [0.15, 0.2) is 18.2 Å². The normalized spacial score (nSPS) is 10.4. The van der Waals surface area contributed by atoms with Crippen LogP contribution in [0.5, 0.6) is 6.01 Å². The number of nitrogens with zero attached hydrogens (tertiary/aromatic N) is 3. The van der Waals surface area contributed by atoms with E-state index in [-0.39, 0.29) is 11.0 Å². The lowest BCUT2D eigenvalue weighted by atomic mass is 10.2. The number of benzene rings is 1. The van der Waals surface area contributed by atoms with Crippen LogP contribution in [-0.2, 0) is 0 Å². The lowest BCUT2D eigenvalue weighted by molar-refractivity contribution is 0.379. The molecule has 0 amide bonds. The third-order valence-corrected chi connectivity index (χ3v) is 2.80. The molecule has 0 fully saturated rings. The quantitative estimate of drug-likeness (QED) is 0.918. The number of rotatable bonds is 5. The molecule has 1 heterocycles. The monoisotopic (exact) mass is 296 g/mol. The molecule has 106 valence electrons. The van der Waals surface area contributed by atoms with Crippen LogP contribution in [0.1, 0.15) is 13.3 Å². The molecule has 0 aliphatic rings. The minimum absolute atomic E-state index is 0.0185. The van der Waals surface area contributed by atoms with E-state index in [1.54, 1.807) is 6.07 Å². The highest BCUT2D eigenvalue weighted by atomic mass is 35.5. The standard InChI is InChI=1S/C13H14ClFN4O/c1-3-6-16-12-17-11(18-13(19-12)20-2)8-4-5-10(15)9(14)7-8/h4-5,7H,3,6H2,1-2H3,(H,16,17,18,19). The van der Waals surface area contributed by atoms with Crippen molar-refractivity contribution in [2.75, 3.05) is 19.0 Å². The SMILES string of the molecule is CCCNc1nc(OC)nc(-c2ccc(F)c(Cl)c2)n1. The second kappa shape index (κ2) is 6.47. The van der Waals surface area contributed by atoms with Gasteiger partial charge in [0.2, 0.25) is 5.95 Å². The van der Waals surface area contributed by atoms with Crippen molar-refractivity contribution in [1.82, 2.24) is 15.0 Å². The number of methoxy groups -OCH3 is 1. The van der Waals surface area contributed by atoms with E-state index in [0.717, 1.165) is 13.0 Å². The van der Waals surface area contributed by atoms with Crippen LogP contribution in [0.25, 0.3) is 11.4 Å². The zero-order valence-electron chi connectivity index (χ0n) is 11.2. The van der Waals surface area contributed by atoms with Crippen LogP contribution in [0.3, 0.4) is 0 Å². The maximum absolute atomic E-state index is 13.2. The predicted octanol–water partition coefficient (Wildman–Crippen LogP) is 3.16. The lowest BCUT2D eigenvalue weighted by Crippen LogP contribution is -2.07. The van der Waals surface area contributed by atoms with Gasteiger partial charge in [-0.15, -0.1) is 0 Å². The van der Waals surface area contributed by atoms with Gasteiger partial charge in [-0.25, -0.2) is 4.39 Å². The third kappa shape index (κ3) is 3.33. The first-order chi connectivity index (χ1) is 9.63. The molecule has 0 unspecified atom stereocenters. The van der Waals surface area contributed by atoms with Crippen LogP contribution < -0.4 is 10.1 Å². The molecule has 1 aromatic carbocycles. The Balaban J connectivity index is 2.41. The number of hydrogen-bond acceptors (Lipinski definition) is 5. The Bertz CT molecular complexity index is 609. The van der Waals surface area contributed by atoms with Gasteiger partial charge in [0.05, 0.1) is 12.1 Å². The number of hydrogen-bond donors (Lipinski definition) is 1. The van der Waals surface area contributed by atoms with Crippen LogP contribution in [-0.4, -0.2) is 28.6 Å². The van der Waals surface area contributed by atoms with E-state index in [4.69, 9.17) is 16.3 Å². The molecule has 0 saturated carbocycles. The van der Waals surface area contributed by atoms with Crippen molar-refractivity contribution in [1.29, 1.82) is 0 Å². The fourth-order valence-corrected chi connectivity index (χ4v) is 1.71. The van der Waals surface area contributed by atoms with Gasteiger partial charge in [-0.3, -0.25) is 0 Å². The molecular formula is C13H14ClFN4O. The number of halogens is 2. The Morgan fingerprint density at radius 2 is 2.10 bits per heavy atom. The number of aromatic nitrogens is 3. The number of anilines is 1. The fourth-order valence-electron chi connectivity index (χ4n) is 1.53. The lowest BCUT2D eigenvalue weighted by Gasteiger charge is -2.08. The average Bonchev–Trinajstić information content (AvgIpc) is 2.47. The van der Waals surface area contributed by atoms with Crippen molar-refractivity contribution in [3.05, 3.63) is 29.0 Å². The molecule has 0 saturated heterocycles. The summed E-state index contributed by atoms with van der Waals surface area (Å²) in [6.45, 7) is 2.77. The minimum atomic E-state index is -0.485. The second-order valence-electron chi connectivity index (χ2n) is 4.02. The summed E-state index contributed by atoms with van der Waals surface area (Å²) in [5, 5.41) is 3.07. The van der Waals surface area contributed by atoms with Crippen molar-refractivity contribution < 1.29 is 9.13 Å². The maximum Gasteiger partial charge on any atom is 0.321 e. The minimum Gasteiger partial charge on any atom is -0.467 e. The molecule has 1 aromatic heterocycles. The first kappa shape index (κ1) is 14.5. The number of nitrogens with one attached hydrogen (secondary N) is 1. The predicted molar refractivity (Wildman–Crippen MR) is 75.6 cm³/mol. The summed E-state index contributed by atoms with van der Waals surface area (Å²) in [6.07, 6.45) is 0.936. The average molecular weight is 297 g/mol. The van der Waals surface area contributed by atoms with Crippen LogP contribution in [0, 0.1) is 5.82 Å². The van der Waals surface area contributed by atoms with E-state index in [1.165, 1.54) is 19.2 Å². The van der Waals surface area contributed by atoms with Gasteiger partial charge in [0.1, 0.15) is 5.82 Å². The van der Waals surface area contributed by atoms with E-state index in [2.05, 4.69) is 20.3 Å². The van der Waals surface area contributed by atoms with Crippen LogP contribution >= 0.6 is 11.6 Å². The first-order valence-electron chi connectivity index (χ1n) is 6.13. The van der Waals surface area contributed by atoms with Gasteiger partial charge in [-0.05, 0) is 24.6 Å². The highest BCUT2D eigenvalue weighted by Gasteiger charge is 2.10. The summed E-state index contributed by atoms with van der Waals surface area (Å²) in [7, 11) is 1.47. The van der Waals surface area contributed by atoms with Crippen molar-refractivity contribution in [2.24, 2.45) is 0 Å². The molecule has 0 radical (unpaired) electrons. The molecule has 0 bridgehead atoms. The van der Waals surface area contributed by atoms with Crippen LogP contribution in [0.2, 0.25) is 5.02 Å². The highest BCUT2D eigenvalue weighted by molar-refractivity contribution is 6.31. The molecule has 2 aromatic rings. The van der Waals surface area contributed by atoms with Crippen LogP contribution in [0.4, 0.5) is 10.3 Å². The Morgan fingerprint density at radius 3 is 2.75 bits per heavy atom. The second-order valence-corrected chi connectivity index (χ2v) is 4.43. The molecule has 5 nitrogen and oxygen atoms in total. The summed E-state index contributed by atoms with van der Waals surface area (Å²) in [4.78, 5) is 12.5. The third-order valence-electron chi connectivity index (χ3n) is 2.51. The van der Waals surface area contributed by atoms with Gasteiger partial charge in [-0.1, -0.05) is 18.5 Å². The summed E-state index contributed by atoms with van der Waals surface area (Å²) in [5.74, 6) is 0.298. The van der Waals surface area contributed by atoms with E-state index in [1.807, 2.05) is 6.92 Å². The van der Waals surface area contributed by atoms with Crippen molar-refractivity contribution in [2.45, 2.75) is 13.3 Å². The van der Waals surface area contributed by atoms with Gasteiger partial charge < -0.3 is 10.1 Å². The van der Waals surface area contributed by atoms with E-state index in [9.17, 15) is 4.39 Å². The number of ether oxygens (including phenoxy) is 1. The van der Waals surface area contributed by atoms with Gasteiger partial charge in [0, 0.05) is 12.1 Å². The summed E-state index contributed by atoms with van der Waals surface area (Å²) in [6, 6.07) is 4.48. The zero-order valence-corrected chi connectivity index (χ0v) is 11.9. The Kier molecular flexibility index (Phi) is 4.68. The van der Waals surface area contributed by atoms with Gasteiger partial charge >= 0.3 is 6.01 Å². The summed E-state index contributed by atoms with van der Waals surface area (Å²) in [5.41, 5.74) is 0.594. The first-order valence-corrected chi connectivity index (χ1v) is 6.51. The largest absolute Gasteiger partial charge is 0.467 e. The fraction of sp³-hybridized carbons (Fsp3) is 0.308. The Morgan fingerprint density at radius 1 is 1.30 bits per heavy atom. The van der Waals surface area contributed by atoms with E-state index >= 15 is 0 Å². The molecule has 7 heteroatoms. The van der Waals surface area contributed by atoms with Gasteiger partial charge in [-0.2, -0.15) is 15.0 Å². The maximum atomic E-state index is 13.2. The van der Waals surface area contributed by atoms with Gasteiger partial charge in [0.25, 0.3) is 0 Å². The Labute approximate surface area is 121 Å². The molecule has 20 heavy (non-hydrogen) atoms. The zero-order chi connectivity index (χ0) is 14.5. The molecule has 0 aliphatic heterocycles. The summed E-state index contributed by atoms with van der Waals surface area (Å²) < 4.78 is 18.2. The van der Waals surface area contributed by atoms with Crippen molar-refractivity contribution in [3.8, 4) is 17.4 Å². The molecule has 0 aliphatic carbocycles. The molecule has 2 rings (SSSR count). The van der Waals surface area contributed by atoms with Gasteiger partial charge in [0.15, 0.2) is 5.82 Å². The highest BCUT2D eigenvalue weighted by Crippen LogP contribution is 2.24. The van der Waals surface area contributed by atoms with Crippen molar-refractivity contribution >= 4 is 17.5 Å². The topological polar surface area (TPSA) is 59.9 Å². The van der Waals surface area contributed by atoms with E-state index in [0.29, 0.717) is 17.3 Å². The molecular weight excluding hydrogens is 283 g/mol. The molecule has 1 N–H and O–H groups in total. The smallest absolute Gasteiger partial charge is 0.321 e. The molecule has 0 atom stereocenters.